The summed E-state index contributed by atoms with van der Waals surface area (Å²) in [7, 11) is -1.40. The predicted molar refractivity (Wildman–Crippen MR) is 133 cm³/mol. The number of nitrogens with zero attached hydrogens (tertiary/aromatic N) is 2. The van der Waals surface area contributed by atoms with E-state index in [-0.39, 0.29) is 37.7 Å². The van der Waals surface area contributed by atoms with Crippen LogP contribution in [0.3, 0.4) is 0 Å². The standard InChI is InChI=1S/C16H19NO.C10H13N2OS.U/c1-3-14(16-6-4-5-7-17-16)10-15-9-13(11-18)8-12(15)2;1-6-3-8-4-7(2)12-9(8)5-10(6)14(11)13;/h3-7,10,13,18H,1,8-9,11H2,2H3;3,5,7H,4,11H2,1-2H3;/q;-1;/b14-10+;;/t13-;;/m1../s1. The molecular weight excluding hydrogens is 656 g/mol. The van der Waals surface area contributed by atoms with Gasteiger partial charge in [0.15, 0.2) is 0 Å². The van der Waals surface area contributed by atoms with Gasteiger partial charge in [0.05, 0.1) is 10.6 Å². The first kappa shape index (κ1) is 27.8. The van der Waals surface area contributed by atoms with E-state index in [1.165, 1.54) is 16.7 Å². The molecule has 0 saturated carbocycles. The van der Waals surface area contributed by atoms with Gasteiger partial charge in [-0.15, -0.1) is 11.7 Å². The van der Waals surface area contributed by atoms with Crippen LogP contribution >= 0.6 is 0 Å². The van der Waals surface area contributed by atoms with Crippen LogP contribution in [-0.2, 0) is 17.4 Å². The van der Waals surface area contributed by atoms with Crippen molar-refractivity contribution in [3.8, 4) is 0 Å². The fraction of sp³-hybridized carbons (Fsp3) is 0.346. The average molecular weight is 689 g/mol. The van der Waals surface area contributed by atoms with Crippen LogP contribution in [0.15, 0.2) is 71.3 Å². The molecule has 1 aromatic carbocycles. The Kier molecular flexibility index (Phi) is 10.8. The number of aryl methyl sites for hydroxylation is 1. The minimum absolute atomic E-state index is 0. The number of nitrogens with two attached hydrogens (primary N) is 1. The zero-order chi connectivity index (χ0) is 23.3. The second kappa shape index (κ2) is 12.8. The van der Waals surface area contributed by atoms with Gasteiger partial charge in [-0.05, 0) is 73.9 Å². The Bertz CT molecular complexity index is 1070. The molecule has 33 heavy (non-hydrogen) atoms. The fourth-order valence-electron chi connectivity index (χ4n) is 4.23. The third-order valence-corrected chi connectivity index (χ3v) is 6.76. The summed E-state index contributed by atoms with van der Waals surface area (Å²) in [6, 6.07) is 10.1. The van der Waals surface area contributed by atoms with Crippen molar-refractivity contribution in [3.05, 3.63) is 88.5 Å². The molecule has 2 aliphatic rings. The summed E-state index contributed by atoms with van der Waals surface area (Å²) < 4.78 is 11.2. The summed E-state index contributed by atoms with van der Waals surface area (Å²) in [6.45, 7) is 10.3. The molecule has 0 amide bonds. The van der Waals surface area contributed by atoms with Crippen molar-refractivity contribution < 1.29 is 40.4 Å². The van der Waals surface area contributed by atoms with Gasteiger partial charge in [0.2, 0.25) is 0 Å². The first-order valence-electron chi connectivity index (χ1n) is 10.9. The van der Waals surface area contributed by atoms with Crippen LogP contribution in [0.2, 0.25) is 0 Å². The van der Waals surface area contributed by atoms with Crippen LogP contribution in [-0.4, -0.2) is 26.9 Å². The zero-order valence-electron chi connectivity index (χ0n) is 19.5. The van der Waals surface area contributed by atoms with Crippen LogP contribution in [0, 0.1) is 44.0 Å². The maximum Gasteiger partial charge on any atom is 0.122 e. The smallest absolute Gasteiger partial charge is 0.122 e. The number of fused-ring (bicyclic) bond motifs is 1. The normalized spacial score (nSPS) is 20.2. The van der Waals surface area contributed by atoms with Gasteiger partial charge in [-0.1, -0.05) is 48.9 Å². The van der Waals surface area contributed by atoms with E-state index < -0.39 is 11.0 Å². The van der Waals surface area contributed by atoms with E-state index in [1.54, 1.807) is 6.20 Å². The number of benzene rings is 1. The van der Waals surface area contributed by atoms with Crippen LogP contribution in [0.25, 0.3) is 10.9 Å². The summed E-state index contributed by atoms with van der Waals surface area (Å²) in [5, 5.41) is 19.1. The van der Waals surface area contributed by atoms with Crippen LogP contribution in [0.4, 0.5) is 5.69 Å². The van der Waals surface area contributed by atoms with Crippen molar-refractivity contribution in [2.45, 2.75) is 51.0 Å². The van der Waals surface area contributed by atoms with Gasteiger partial charge in [0.1, 0.15) is 11.0 Å². The molecule has 0 saturated heterocycles. The second-order valence-corrected chi connectivity index (χ2v) is 9.54. The number of allylic oxidation sites excluding steroid dienone is 5. The van der Waals surface area contributed by atoms with Gasteiger partial charge in [-0.3, -0.25) is 4.98 Å². The molecular formula is C26H32N3O2SU-. The SMILES string of the molecule is C=C/C(=C\C1=C(C)C[C@@H](CO)C1)c1ccccn1.Cc1cc2c(cc1S(N)=O)[N-]C(C)C2.[U]. The van der Waals surface area contributed by atoms with E-state index in [0.717, 1.165) is 41.8 Å². The molecule has 1 aliphatic heterocycles. The molecule has 1 aliphatic carbocycles. The maximum atomic E-state index is 11.2. The minimum atomic E-state index is -1.40. The molecule has 0 spiro atoms. The van der Waals surface area contributed by atoms with Crippen molar-refractivity contribution in [1.82, 2.24) is 4.98 Å². The molecule has 0 radical (unpaired) electrons. The molecule has 4 rings (SSSR count). The monoisotopic (exact) mass is 688 g/mol. The van der Waals surface area contributed by atoms with Crippen LogP contribution in [0.1, 0.15) is 43.5 Å². The summed E-state index contributed by atoms with van der Waals surface area (Å²) in [4.78, 5) is 5.04. The minimum Gasteiger partial charge on any atom is -0.681 e. The Hall–Kier alpha value is -1.49. The van der Waals surface area contributed by atoms with E-state index in [1.807, 2.05) is 43.3 Å². The number of pyridine rings is 1. The van der Waals surface area contributed by atoms with Gasteiger partial charge in [0, 0.05) is 43.9 Å². The average Bonchev–Trinajstić information content (AvgIpc) is 3.32. The molecule has 0 fully saturated rings. The summed E-state index contributed by atoms with van der Waals surface area (Å²) in [5.74, 6) is 0.381. The van der Waals surface area contributed by atoms with Gasteiger partial charge in [0.25, 0.3) is 0 Å². The Balaban J connectivity index is 0.000000233. The second-order valence-electron chi connectivity index (χ2n) is 8.51. The number of hydrogen-bond donors (Lipinski definition) is 2. The first-order valence-corrected chi connectivity index (χ1v) is 12.1. The van der Waals surface area contributed by atoms with E-state index in [9.17, 15) is 9.32 Å². The molecule has 2 aromatic rings. The van der Waals surface area contributed by atoms with Gasteiger partial charge >= 0.3 is 0 Å². The molecule has 174 valence electrons. The van der Waals surface area contributed by atoms with E-state index >= 15 is 0 Å². The molecule has 3 atom stereocenters. The predicted octanol–water partition coefficient (Wildman–Crippen LogP) is 5.30. The molecule has 0 bridgehead atoms. The van der Waals surface area contributed by atoms with Crippen molar-refractivity contribution in [1.29, 1.82) is 0 Å². The van der Waals surface area contributed by atoms with Crippen molar-refractivity contribution >= 4 is 22.2 Å². The van der Waals surface area contributed by atoms with Crippen molar-refractivity contribution in [2.24, 2.45) is 11.1 Å². The van der Waals surface area contributed by atoms with Gasteiger partial charge in [-0.2, -0.15) is 0 Å². The fourth-order valence-corrected chi connectivity index (χ4v) is 4.83. The Morgan fingerprint density at radius 3 is 2.64 bits per heavy atom. The molecule has 7 heteroatoms. The summed E-state index contributed by atoms with van der Waals surface area (Å²) in [5.41, 5.74) is 7.86. The Morgan fingerprint density at radius 2 is 2.06 bits per heavy atom. The number of aliphatic hydroxyl groups excluding tert-OH is 1. The molecule has 2 heterocycles. The summed E-state index contributed by atoms with van der Waals surface area (Å²) >= 11 is 0. The molecule has 3 N–H and O–H groups in total. The summed E-state index contributed by atoms with van der Waals surface area (Å²) in [6.07, 6.45) is 8.71. The largest absolute Gasteiger partial charge is 0.681 e. The van der Waals surface area contributed by atoms with Crippen LogP contribution < -0.4 is 5.14 Å². The van der Waals surface area contributed by atoms with E-state index in [2.05, 4.69) is 36.8 Å². The topological polar surface area (TPSA) is 90.3 Å². The van der Waals surface area contributed by atoms with E-state index in [0.29, 0.717) is 16.9 Å². The molecule has 1 aromatic heterocycles. The number of aromatic nitrogens is 1. The Morgan fingerprint density at radius 1 is 1.30 bits per heavy atom. The maximum absolute atomic E-state index is 11.2. The van der Waals surface area contributed by atoms with Crippen molar-refractivity contribution in [2.75, 3.05) is 6.61 Å². The third kappa shape index (κ3) is 7.24. The van der Waals surface area contributed by atoms with E-state index in [4.69, 9.17) is 5.14 Å². The molecule has 5 nitrogen and oxygen atoms in total. The quantitative estimate of drug-likeness (QED) is 0.419. The Labute approximate surface area is 223 Å². The zero-order valence-corrected chi connectivity index (χ0v) is 24.5. The van der Waals surface area contributed by atoms with Gasteiger partial charge in [-0.25, -0.2) is 9.35 Å². The van der Waals surface area contributed by atoms with Crippen molar-refractivity contribution in [3.63, 3.8) is 0 Å². The van der Waals surface area contributed by atoms with Crippen LogP contribution in [0.5, 0.6) is 0 Å². The third-order valence-electron chi connectivity index (χ3n) is 5.89. The number of hydrogen-bond acceptors (Lipinski definition) is 3. The molecule has 2 unspecified atom stereocenters. The van der Waals surface area contributed by atoms with Gasteiger partial charge < -0.3 is 10.4 Å². The number of aliphatic hydroxyl groups is 1. The number of rotatable bonds is 5. The first-order chi connectivity index (χ1) is 15.3.